The van der Waals surface area contributed by atoms with Crippen molar-refractivity contribution in [1.29, 1.82) is 0 Å². The highest BCUT2D eigenvalue weighted by Gasteiger charge is 2.27. The van der Waals surface area contributed by atoms with E-state index in [2.05, 4.69) is 23.8 Å². The van der Waals surface area contributed by atoms with Crippen LogP contribution in [0.15, 0.2) is 0 Å². The third-order valence-electron chi connectivity index (χ3n) is 2.77. The first kappa shape index (κ1) is 9.59. The molecule has 1 aliphatic carbocycles. The monoisotopic (exact) mass is 191 g/mol. The standard InChI is InChI=1S/C11H17N3/c1-7-10(5-6-12)8(2)14-11(13-7)9-3-4-9/h9H,3-6,12H2,1-2H3. The topological polar surface area (TPSA) is 51.8 Å². The van der Waals surface area contributed by atoms with E-state index in [9.17, 15) is 0 Å². The molecule has 2 rings (SSSR count). The minimum Gasteiger partial charge on any atom is -0.330 e. The molecule has 1 heterocycles. The van der Waals surface area contributed by atoms with E-state index in [0.717, 1.165) is 23.6 Å². The van der Waals surface area contributed by atoms with Gasteiger partial charge < -0.3 is 5.73 Å². The lowest BCUT2D eigenvalue weighted by Crippen LogP contribution is -2.10. The Labute approximate surface area is 84.8 Å². The van der Waals surface area contributed by atoms with Crippen LogP contribution in [0.4, 0.5) is 0 Å². The molecular weight excluding hydrogens is 174 g/mol. The van der Waals surface area contributed by atoms with E-state index in [-0.39, 0.29) is 0 Å². The molecule has 0 unspecified atom stereocenters. The van der Waals surface area contributed by atoms with Gasteiger partial charge in [-0.25, -0.2) is 9.97 Å². The Balaban J connectivity index is 2.33. The summed E-state index contributed by atoms with van der Waals surface area (Å²) in [6.45, 7) is 4.80. The van der Waals surface area contributed by atoms with E-state index in [4.69, 9.17) is 5.73 Å². The summed E-state index contributed by atoms with van der Waals surface area (Å²) in [6, 6.07) is 0. The number of aryl methyl sites for hydroxylation is 2. The molecule has 0 bridgehead atoms. The van der Waals surface area contributed by atoms with Gasteiger partial charge in [0.2, 0.25) is 0 Å². The summed E-state index contributed by atoms with van der Waals surface area (Å²) in [7, 11) is 0. The van der Waals surface area contributed by atoms with Gasteiger partial charge >= 0.3 is 0 Å². The highest BCUT2D eigenvalue weighted by molar-refractivity contribution is 5.26. The number of aromatic nitrogens is 2. The van der Waals surface area contributed by atoms with Crippen LogP contribution in [0.2, 0.25) is 0 Å². The van der Waals surface area contributed by atoms with Crippen LogP contribution >= 0.6 is 0 Å². The zero-order chi connectivity index (χ0) is 10.1. The Morgan fingerprint density at radius 1 is 1.21 bits per heavy atom. The summed E-state index contributed by atoms with van der Waals surface area (Å²) < 4.78 is 0. The molecule has 0 aromatic carbocycles. The van der Waals surface area contributed by atoms with Crippen LogP contribution in [0, 0.1) is 13.8 Å². The van der Waals surface area contributed by atoms with E-state index in [0.29, 0.717) is 12.5 Å². The molecule has 0 atom stereocenters. The maximum Gasteiger partial charge on any atom is 0.131 e. The zero-order valence-electron chi connectivity index (χ0n) is 8.88. The fourth-order valence-corrected chi connectivity index (χ4v) is 1.80. The molecule has 1 saturated carbocycles. The van der Waals surface area contributed by atoms with Gasteiger partial charge in [0.1, 0.15) is 5.82 Å². The smallest absolute Gasteiger partial charge is 0.131 e. The van der Waals surface area contributed by atoms with Crippen molar-refractivity contribution < 1.29 is 0 Å². The molecule has 3 heteroatoms. The first-order chi connectivity index (χ1) is 6.72. The third-order valence-corrected chi connectivity index (χ3v) is 2.77. The normalized spacial score (nSPS) is 15.9. The number of nitrogens with two attached hydrogens (primary N) is 1. The fourth-order valence-electron chi connectivity index (χ4n) is 1.80. The van der Waals surface area contributed by atoms with Crippen LogP contribution in [0.25, 0.3) is 0 Å². The molecule has 1 aliphatic rings. The molecule has 3 nitrogen and oxygen atoms in total. The second kappa shape index (κ2) is 3.65. The summed E-state index contributed by atoms with van der Waals surface area (Å²) in [5.41, 5.74) is 9.02. The van der Waals surface area contributed by atoms with Crippen LogP contribution in [0.5, 0.6) is 0 Å². The van der Waals surface area contributed by atoms with Gasteiger partial charge in [0.05, 0.1) is 0 Å². The number of nitrogens with zero attached hydrogens (tertiary/aromatic N) is 2. The van der Waals surface area contributed by atoms with E-state index in [1.54, 1.807) is 0 Å². The molecule has 1 fully saturated rings. The van der Waals surface area contributed by atoms with Gasteiger partial charge in [0, 0.05) is 17.3 Å². The fraction of sp³-hybridized carbons (Fsp3) is 0.636. The van der Waals surface area contributed by atoms with Gasteiger partial charge in [-0.05, 0) is 45.2 Å². The first-order valence-corrected chi connectivity index (χ1v) is 5.26. The molecule has 1 aromatic heterocycles. The number of rotatable bonds is 3. The van der Waals surface area contributed by atoms with E-state index in [1.807, 2.05) is 0 Å². The van der Waals surface area contributed by atoms with Crippen molar-refractivity contribution in [2.45, 2.75) is 39.0 Å². The molecule has 14 heavy (non-hydrogen) atoms. The third kappa shape index (κ3) is 1.77. The summed E-state index contributed by atoms with van der Waals surface area (Å²) in [5, 5.41) is 0. The molecule has 2 N–H and O–H groups in total. The van der Waals surface area contributed by atoms with Crippen molar-refractivity contribution in [3.05, 3.63) is 22.8 Å². The first-order valence-electron chi connectivity index (χ1n) is 5.26. The Kier molecular flexibility index (Phi) is 2.50. The molecule has 0 aliphatic heterocycles. The minimum absolute atomic E-state index is 0.638. The maximum absolute atomic E-state index is 5.55. The maximum atomic E-state index is 5.55. The zero-order valence-corrected chi connectivity index (χ0v) is 8.88. The SMILES string of the molecule is Cc1nc(C2CC2)nc(C)c1CCN. The molecular formula is C11H17N3. The highest BCUT2D eigenvalue weighted by atomic mass is 14.9. The molecule has 0 spiro atoms. The van der Waals surface area contributed by atoms with Crippen molar-refractivity contribution in [3.8, 4) is 0 Å². The minimum atomic E-state index is 0.638. The van der Waals surface area contributed by atoms with Crippen molar-refractivity contribution in [3.63, 3.8) is 0 Å². The Hall–Kier alpha value is -0.960. The molecule has 1 aromatic rings. The lowest BCUT2D eigenvalue weighted by Gasteiger charge is -2.09. The van der Waals surface area contributed by atoms with Crippen molar-refractivity contribution in [2.75, 3.05) is 6.54 Å². The van der Waals surface area contributed by atoms with Crippen molar-refractivity contribution in [2.24, 2.45) is 5.73 Å². The van der Waals surface area contributed by atoms with Gasteiger partial charge in [-0.3, -0.25) is 0 Å². The van der Waals surface area contributed by atoms with Crippen LogP contribution in [-0.2, 0) is 6.42 Å². The average molecular weight is 191 g/mol. The lowest BCUT2D eigenvalue weighted by molar-refractivity contribution is 0.834. The van der Waals surface area contributed by atoms with E-state index in [1.165, 1.54) is 18.4 Å². The van der Waals surface area contributed by atoms with Gasteiger partial charge in [-0.1, -0.05) is 0 Å². The van der Waals surface area contributed by atoms with Crippen LogP contribution in [0.1, 0.15) is 41.5 Å². The highest BCUT2D eigenvalue weighted by Crippen LogP contribution is 2.38. The summed E-state index contributed by atoms with van der Waals surface area (Å²) >= 11 is 0. The largest absolute Gasteiger partial charge is 0.330 e. The summed E-state index contributed by atoms with van der Waals surface area (Å²) in [6.07, 6.45) is 3.41. The predicted molar refractivity (Wildman–Crippen MR) is 56.2 cm³/mol. The average Bonchev–Trinajstić information content (AvgIpc) is 2.93. The second-order valence-electron chi connectivity index (χ2n) is 4.04. The van der Waals surface area contributed by atoms with Crippen LogP contribution in [0.3, 0.4) is 0 Å². The molecule has 0 amide bonds. The summed E-state index contributed by atoms with van der Waals surface area (Å²) in [5.74, 6) is 1.68. The van der Waals surface area contributed by atoms with Crippen LogP contribution < -0.4 is 5.73 Å². The molecule has 76 valence electrons. The van der Waals surface area contributed by atoms with E-state index < -0.39 is 0 Å². The van der Waals surface area contributed by atoms with Crippen LogP contribution in [-0.4, -0.2) is 16.5 Å². The van der Waals surface area contributed by atoms with E-state index >= 15 is 0 Å². The number of hydrogen-bond donors (Lipinski definition) is 1. The Morgan fingerprint density at radius 3 is 2.21 bits per heavy atom. The second-order valence-corrected chi connectivity index (χ2v) is 4.04. The molecule has 0 saturated heterocycles. The van der Waals surface area contributed by atoms with Gasteiger partial charge in [0.15, 0.2) is 0 Å². The lowest BCUT2D eigenvalue weighted by atomic mass is 10.1. The summed E-state index contributed by atoms with van der Waals surface area (Å²) in [4.78, 5) is 9.10. The Morgan fingerprint density at radius 2 is 1.79 bits per heavy atom. The van der Waals surface area contributed by atoms with Crippen molar-refractivity contribution >= 4 is 0 Å². The van der Waals surface area contributed by atoms with Gasteiger partial charge in [0.25, 0.3) is 0 Å². The quantitative estimate of drug-likeness (QED) is 0.787. The Bertz CT molecular complexity index is 319. The number of hydrogen-bond acceptors (Lipinski definition) is 3. The van der Waals surface area contributed by atoms with Gasteiger partial charge in [-0.2, -0.15) is 0 Å². The van der Waals surface area contributed by atoms with Crippen molar-refractivity contribution in [1.82, 2.24) is 9.97 Å². The molecule has 0 radical (unpaired) electrons. The predicted octanol–water partition coefficient (Wildman–Crippen LogP) is 1.47. The van der Waals surface area contributed by atoms with Gasteiger partial charge in [-0.15, -0.1) is 0 Å².